The lowest BCUT2D eigenvalue weighted by atomic mass is 10.1. The van der Waals surface area contributed by atoms with Crippen molar-refractivity contribution in [2.24, 2.45) is 0 Å². The molecule has 0 aliphatic rings. The molecule has 2 amide bonds. The molecule has 0 radical (unpaired) electrons. The summed E-state index contributed by atoms with van der Waals surface area (Å²) in [5.41, 5.74) is 3.81. The topological polar surface area (TPSA) is 91.2 Å². The number of rotatable bonds is 7. The fourth-order valence-electron chi connectivity index (χ4n) is 3.00. The van der Waals surface area contributed by atoms with Crippen molar-refractivity contribution in [2.45, 2.75) is 13.8 Å². The number of amides is 2. The maximum atomic E-state index is 12.5. The maximum absolute atomic E-state index is 12.5. The van der Waals surface area contributed by atoms with Crippen LogP contribution in [-0.4, -0.2) is 18.4 Å². The summed E-state index contributed by atoms with van der Waals surface area (Å²) >= 11 is 5.93. The summed E-state index contributed by atoms with van der Waals surface area (Å²) in [6.07, 6.45) is 1.45. The van der Waals surface area contributed by atoms with Gasteiger partial charge in [0, 0.05) is 16.4 Å². The Morgan fingerprint density at radius 3 is 2.55 bits per heavy atom. The number of aryl methyl sites for hydroxylation is 1. The third-order valence-electron chi connectivity index (χ3n) is 4.87. The van der Waals surface area contributed by atoms with E-state index in [4.69, 9.17) is 16.3 Å². The Bertz CT molecular complexity index is 1260. The zero-order valence-corrected chi connectivity index (χ0v) is 18.9. The first-order valence-electron chi connectivity index (χ1n) is 10.1. The Hall–Kier alpha value is -4.08. The number of carbonyl (C=O) groups excluding carboxylic acids is 2. The van der Waals surface area contributed by atoms with Gasteiger partial charge in [-0.1, -0.05) is 41.9 Å². The minimum Gasteiger partial charge on any atom is -0.484 e. The van der Waals surface area contributed by atoms with E-state index in [0.717, 1.165) is 16.8 Å². The van der Waals surface area contributed by atoms with Crippen LogP contribution in [0.1, 0.15) is 16.7 Å². The van der Waals surface area contributed by atoms with Gasteiger partial charge in [-0.25, -0.2) is 0 Å². The molecule has 2 N–H and O–H groups in total. The third kappa shape index (κ3) is 6.70. The largest absolute Gasteiger partial charge is 0.484 e. The van der Waals surface area contributed by atoms with E-state index >= 15 is 0 Å². The fourth-order valence-corrected chi connectivity index (χ4v) is 3.19. The highest BCUT2D eigenvalue weighted by Crippen LogP contribution is 2.20. The molecule has 0 aliphatic heterocycles. The quantitative estimate of drug-likeness (QED) is 0.359. The summed E-state index contributed by atoms with van der Waals surface area (Å²) in [7, 11) is 0. The molecular formula is C26H22ClN3O3. The van der Waals surface area contributed by atoms with Crippen LogP contribution in [-0.2, 0) is 9.59 Å². The van der Waals surface area contributed by atoms with Crippen molar-refractivity contribution < 1.29 is 14.3 Å². The standard InChI is InChI=1S/C26H22ClN3O3/c1-17-6-3-11-24(18(17)2)30-25(31)16-33-23-10-4-7-19(13-23)12-20(15-28)26(32)29-22-9-5-8-21(27)14-22/h3-14H,16H2,1-2H3,(H,29,32)(H,30,31)/b20-12-. The molecule has 33 heavy (non-hydrogen) atoms. The third-order valence-corrected chi connectivity index (χ3v) is 5.10. The second-order valence-corrected chi connectivity index (χ2v) is 7.73. The van der Waals surface area contributed by atoms with E-state index in [1.807, 2.05) is 38.1 Å². The van der Waals surface area contributed by atoms with Crippen molar-refractivity contribution in [3.05, 3.63) is 94.0 Å². The highest BCUT2D eigenvalue weighted by molar-refractivity contribution is 6.31. The Kier molecular flexibility index (Phi) is 7.85. The van der Waals surface area contributed by atoms with Gasteiger partial charge in [0.15, 0.2) is 6.61 Å². The number of benzene rings is 3. The van der Waals surface area contributed by atoms with Crippen LogP contribution in [0.3, 0.4) is 0 Å². The second kappa shape index (κ2) is 11.0. The van der Waals surface area contributed by atoms with E-state index in [1.54, 1.807) is 48.5 Å². The lowest BCUT2D eigenvalue weighted by molar-refractivity contribution is -0.118. The summed E-state index contributed by atoms with van der Waals surface area (Å²) in [5, 5.41) is 15.4. The summed E-state index contributed by atoms with van der Waals surface area (Å²) in [4.78, 5) is 24.7. The van der Waals surface area contributed by atoms with E-state index in [2.05, 4.69) is 10.6 Å². The number of hydrogen-bond acceptors (Lipinski definition) is 4. The molecule has 166 valence electrons. The Balaban J connectivity index is 1.64. The molecule has 0 atom stereocenters. The molecule has 0 unspecified atom stereocenters. The van der Waals surface area contributed by atoms with Crippen LogP contribution in [0.4, 0.5) is 11.4 Å². The van der Waals surface area contributed by atoms with Crippen molar-refractivity contribution in [2.75, 3.05) is 17.2 Å². The molecule has 0 fully saturated rings. The summed E-state index contributed by atoms with van der Waals surface area (Å²) < 4.78 is 5.60. The molecule has 3 aromatic carbocycles. The summed E-state index contributed by atoms with van der Waals surface area (Å²) in [6.45, 7) is 3.74. The van der Waals surface area contributed by atoms with Crippen molar-refractivity contribution in [3.8, 4) is 11.8 Å². The number of halogens is 1. The smallest absolute Gasteiger partial charge is 0.266 e. The number of anilines is 2. The molecule has 0 saturated carbocycles. The normalized spacial score (nSPS) is 10.8. The van der Waals surface area contributed by atoms with Crippen molar-refractivity contribution in [1.29, 1.82) is 5.26 Å². The Labute approximate surface area is 197 Å². The van der Waals surface area contributed by atoms with Gasteiger partial charge in [0.1, 0.15) is 17.4 Å². The average molecular weight is 460 g/mol. The van der Waals surface area contributed by atoms with Gasteiger partial charge < -0.3 is 15.4 Å². The van der Waals surface area contributed by atoms with E-state index in [0.29, 0.717) is 22.0 Å². The first-order valence-corrected chi connectivity index (χ1v) is 10.5. The van der Waals surface area contributed by atoms with E-state index in [-0.39, 0.29) is 18.1 Å². The first kappa shape index (κ1) is 23.6. The van der Waals surface area contributed by atoms with Gasteiger partial charge >= 0.3 is 0 Å². The maximum Gasteiger partial charge on any atom is 0.266 e. The van der Waals surface area contributed by atoms with E-state index in [9.17, 15) is 14.9 Å². The van der Waals surface area contributed by atoms with Gasteiger partial charge in [-0.15, -0.1) is 0 Å². The number of nitrogens with one attached hydrogen (secondary N) is 2. The van der Waals surface area contributed by atoms with Gasteiger partial charge in [-0.05, 0) is 73.0 Å². The highest BCUT2D eigenvalue weighted by atomic mass is 35.5. The van der Waals surface area contributed by atoms with Gasteiger partial charge in [-0.2, -0.15) is 5.26 Å². The zero-order chi connectivity index (χ0) is 23.8. The number of nitriles is 1. The Morgan fingerprint density at radius 2 is 1.79 bits per heavy atom. The predicted molar refractivity (Wildman–Crippen MR) is 130 cm³/mol. The lowest BCUT2D eigenvalue weighted by Gasteiger charge is -2.11. The molecule has 0 heterocycles. The fraction of sp³-hybridized carbons (Fsp3) is 0.115. The van der Waals surface area contributed by atoms with Crippen molar-refractivity contribution in [3.63, 3.8) is 0 Å². The number of ether oxygens (including phenoxy) is 1. The van der Waals surface area contributed by atoms with Crippen LogP contribution in [0.5, 0.6) is 5.75 Å². The van der Waals surface area contributed by atoms with Gasteiger partial charge in [-0.3, -0.25) is 9.59 Å². The summed E-state index contributed by atoms with van der Waals surface area (Å²) in [5.74, 6) is -0.408. The summed E-state index contributed by atoms with van der Waals surface area (Å²) in [6, 6.07) is 21.0. The molecule has 3 rings (SSSR count). The average Bonchev–Trinajstić information content (AvgIpc) is 2.79. The molecule has 7 heteroatoms. The Morgan fingerprint density at radius 1 is 1.03 bits per heavy atom. The first-order chi connectivity index (χ1) is 15.9. The molecule has 6 nitrogen and oxygen atoms in total. The highest BCUT2D eigenvalue weighted by Gasteiger charge is 2.11. The molecule has 3 aromatic rings. The van der Waals surface area contributed by atoms with Gasteiger partial charge in [0.25, 0.3) is 11.8 Å². The molecular weight excluding hydrogens is 438 g/mol. The van der Waals surface area contributed by atoms with Crippen LogP contribution in [0.25, 0.3) is 6.08 Å². The molecule has 0 bridgehead atoms. The van der Waals surface area contributed by atoms with Crippen LogP contribution >= 0.6 is 11.6 Å². The van der Waals surface area contributed by atoms with Gasteiger partial charge in [0.05, 0.1) is 0 Å². The number of hydrogen-bond donors (Lipinski definition) is 2. The predicted octanol–water partition coefficient (Wildman–Crippen LogP) is 5.52. The van der Waals surface area contributed by atoms with E-state index in [1.165, 1.54) is 6.08 Å². The molecule has 0 aliphatic carbocycles. The number of nitrogens with zero attached hydrogens (tertiary/aromatic N) is 1. The number of carbonyl (C=O) groups is 2. The van der Waals surface area contributed by atoms with Gasteiger partial charge in [0.2, 0.25) is 0 Å². The monoisotopic (exact) mass is 459 g/mol. The minimum absolute atomic E-state index is 0.0835. The van der Waals surface area contributed by atoms with Crippen LogP contribution < -0.4 is 15.4 Å². The van der Waals surface area contributed by atoms with Crippen LogP contribution in [0.15, 0.2) is 72.3 Å². The van der Waals surface area contributed by atoms with Crippen molar-refractivity contribution in [1.82, 2.24) is 0 Å². The lowest BCUT2D eigenvalue weighted by Crippen LogP contribution is -2.20. The molecule has 0 aromatic heterocycles. The molecule has 0 spiro atoms. The van der Waals surface area contributed by atoms with Crippen LogP contribution in [0, 0.1) is 25.2 Å². The zero-order valence-electron chi connectivity index (χ0n) is 18.2. The SMILES string of the molecule is Cc1cccc(NC(=O)COc2cccc(/C=C(/C#N)C(=O)Nc3cccc(Cl)c3)c2)c1C. The minimum atomic E-state index is -0.556. The second-order valence-electron chi connectivity index (χ2n) is 7.29. The van der Waals surface area contributed by atoms with Crippen molar-refractivity contribution >= 4 is 40.9 Å². The van der Waals surface area contributed by atoms with E-state index < -0.39 is 5.91 Å². The molecule has 0 saturated heterocycles. The van der Waals surface area contributed by atoms with Crippen LogP contribution in [0.2, 0.25) is 5.02 Å².